The summed E-state index contributed by atoms with van der Waals surface area (Å²) in [6.07, 6.45) is 0. The second-order valence-corrected chi connectivity index (χ2v) is 4.83. The number of halogens is 1. The van der Waals surface area contributed by atoms with Crippen molar-refractivity contribution in [1.82, 2.24) is 0 Å². The van der Waals surface area contributed by atoms with Crippen molar-refractivity contribution in [3.63, 3.8) is 0 Å². The van der Waals surface area contributed by atoms with Gasteiger partial charge < -0.3 is 9.47 Å². The van der Waals surface area contributed by atoms with E-state index in [-0.39, 0.29) is 17.1 Å². The molecule has 0 amide bonds. The molecular weight excluding hydrogens is 336 g/mol. The first kappa shape index (κ1) is 15.7. The number of ether oxygens (including phenoxy) is 2. The summed E-state index contributed by atoms with van der Waals surface area (Å²) in [6, 6.07) is 16.0. The second kappa shape index (κ2) is 7.27. The van der Waals surface area contributed by atoms with Crippen LogP contribution in [0.25, 0.3) is 0 Å². The van der Waals surface area contributed by atoms with Gasteiger partial charge in [-0.05, 0) is 6.92 Å². The van der Waals surface area contributed by atoms with Crippen molar-refractivity contribution < 1.29 is 26.5 Å². The quantitative estimate of drug-likeness (QED) is 0.575. The van der Waals surface area contributed by atoms with Gasteiger partial charge in [0, 0.05) is 0 Å². The molecule has 0 atom stereocenters. The van der Waals surface area contributed by atoms with Gasteiger partial charge in [-0.3, -0.25) is 0 Å². The molecule has 1 heterocycles. The third-order valence-electron chi connectivity index (χ3n) is 2.65. The fraction of sp³-hybridized carbons (Fsp3) is 0.286. The first-order chi connectivity index (χ1) is 8.21. The molecule has 0 unspecified atom stereocenters. The van der Waals surface area contributed by atoms with E-state index in [1.807, 2.05) is 55.5 Å². The molecule has 0 radical (unpaired) electrons. The van der Waals surface area contributed by atoms with Crippen molar-refractivity contribution >= 4 is 15.9 Å². The molecule has 2 aromatic rings. The standard InChI is InChI=1S/C9H11O2.C5H4Br.Fe/c1-9(10-6-7-11-9)8-4-2-3-5-8;6-5-3-1-2-4-5;/h2-5H,6-7H2,1H3;1-4H;/q2*-1;+2. The van der Waals surface area contributed by atoms with Crippen molar-refractivity contribution in [2.75, 3.05) is 13.2 Å². The van der Waals surface area contributed by atoms with Crippen molar-refractivity contribution in [1.29, 1.82) is 0 Å². The van der Waals surface area contributed by atoms with Gasteiger partial charge in [0.2, 0.25) is 0 Å². The summed E-state index contributed by atoms with van der Waals surface area (Å²) in [6.45, 7) is 3.35. The topological polar surface area (TPSA) is 18.5 Å². The number of hydrogen-bond donors (Lipinski definition) is 0. The minimum absolute atomic E-state index is 0. The number of hydrogen-bond acceptors (Lipinski definition) is 2. The summed E-state index contributed by atoms with van der Waals surface area (Å²) in [7, 11) is 0. The Morgan fingerprint density at radius 3 is 2.11 bits per heavy atom. The molecule has 3 rings (SSSR count). The van der Waals surface area contributed by atoms with E-state index in [2.05, 4.69) is 15.9 Å². The van der Waals surface area contributed by atoms with E-state index < -0.39 is 5.79 Å². The smallest absolute Gasteiger partial charge is 0.346 e. The van der Waals surface area contributed by atoms with Crippen LogP contribution in [0, 0.1) is 0 Å². The van der Waals surface area contributed by atoms with Crippen LogP contribution in [0.15, 0.2) is 53.0 Å². The average molecular weight is 351 g/mol. The predicted molar refractivity (Wildman–Crippen MR) is 71.0 cm³/mol. The molecule has 18 heavy (non-hydrogen) atoms. The molecule has 0 N–H and O–H groups in total. The maximum absolute atomic E-state index is 5.46. The Bertz CT molecular complexity index is 417. The molecule has 0 aliphatic carbocycles. The molecular formula is C14H15BrFeO2. The summed E-state index contributed by atoms with van der Waals surface area (Å²) < 4.78 is 12.1. The van der Waals surface area contributed by atoms with Crippen molar-refractivity contribution in [2.45, 2.75) is 12.7 Å². The first-order valence-corrected chi connectivity index (χ1v) is 6.37. The first-order valence-electron chi connectivity index (χ1n) is 5.58. The van der Waals surface area contributed by atoms with Gasteiger partial charge in [-0.2, -0.15) is 30.3 Å². The van der Waals surface area contributed by atoms with Crippen molar-refractivity contribution in [3.05, 3.63) is 58.6 Å². The van der Waals surface area contributed by atoms with Crippen LogP contribution in [0.3, 0.4) is 0 Å². The Hall–Kier alpha value is -0.381. The molecule has 0 saturated carbocycles. The summed E-state index contributed by atoms with van der Waals surface area (Å²) in [5, 5.41) is 0. The van der Waals surface area contributed by atoms with E-state index in [0.29, 0.717) is 13.2 Å². The molecule has 1 aliphatic rings. The molecule has 4 heteroatoms. The Balaban J connectivity index is 0.000000199. The zero-order valence-electron chi connectivity index (χ0n) is 10.1. The molecule has 2 aromatic carbocycles. The third-order valence-corrected chi connectivity index (χ3v) is 3.18. The van der Waals surface area contributed by atoms with E-state index in [1.54, 1.807) is 0 Å². The van der Waals surface area contributed by atoms with Gasteiger partial charge in [0.25, 0.3) is 0 Å². The van der Waals surface area contributed by atoms with Crippen LogP contribution in [-0.4, -0.2) is 13.2 Å². The van der Waals surface area contributed by atoms with E-state index in [0.717, 1.165) is 10.0 Å². The van der Waals surface area contributed by atoms with E-state index in [1.165, 1.54) is 0 Å². The molecule has 0 aromatic heterocycles. The molecule has 98 valence electrons. The maximum atomic E-state index is 5.46. The summed E-state index contributed by atoms with van der Waals surface area (Å²) in [5.41, 5.74) is 1.11. The normalized spacial score (nSPS) is 16.6. The number of rotatable bonds is 1. The SMILES string of the molecule is Brc1ccc[cH-]1.CC1(c2ccc[cH-]2)OCCO1.[Fe+2]. The van der Waals surface area contributed by atoms with Gasteiger partial charge >= 0.3 is 17.1 Å². The van der Waals surface area contributed by atoms with Gasteiger partial charge in [-0.15, -0.1) is 10.0 Å². The maximum Gasteiger partial charge on any atom is 2.00 e. The van der Waals surface area contributed by atoms with Gasteiger partial charge in [0.15, 0.2) is 5.79 Å². The van der Waals surface area contributed by atoms with Gasteiger partial charge in [-0.1, -0.05) is 15.9 Å². The van der Waals surface area contributed by atoms with Gasteiger partial charge in [-0.25, -0.2) is 18.2 Å². The summed E-state index contributed by atoms with van der Waals surface area (Å²) in [5.74, 6) is -0.483. The monoisotopic (exact) mass is 350 g/mol. The van der Waals surface area contributed by atoms with Crippen LogP contribution in [0.4, 0.5) is 0 Å². The average Bonchev–Trinajstić information content (AvgIpc) is 2.98. The van der Waals surface area contributed by atoms with Crippen LogP contribution in [0.5, 0.6) is 0 Å². The minimum Gasteiger partial charge on any atom is -0.346 e. The van der Waals surface area contributed by atoms with Crippen molar-refractivity contribution in [2.24, 2.45) is 0 Å². The van der Waals surface area contributed by atoms with Crippen LogP contribution in [0.2, 0.25) is 0 Å². The molecule has 1 fully saturated rings. The van der Waals surface area contributed by atoms with Crippen LogP contribution < -0.4 is 0 Å². The Kier molecular flexibility index (Phi) is 6.33. The zero-order valence-corrected chi connectivity index (χ0v) is 12.8. The van der Waals surface area contributed by atoms with E-state index in [9.17, 15) is 0 Å². The van der Waals surface area contributed by atoms with E-state index in [4.69, 9.17) is 9.47 Å². The molecule has 1 aliphatic heterocycles. The Labute approximate surface area is 127 Å². The van der Waals surface area contributed by atoms with Crippen LogP contribution in [-0.2, 0) is 32.3 Å². The molecule has 0 bridgehead atoms. The van der Waals surface area contributed by atoms with Crippen LogP contribution >= 0.6 is 15.9 Å². The zero-order chi connectivity index (χ0) is 12.1. The fourth-order valence-electron chi connectivity index (χ4n) is 1.71. The predicted octanol–water partition coefficient (Wildman–Crippen LogP) is 3.79. The van der Waals surface area contributed by atoms with Gasteiger partial charge in [0.05, 0.1) is 13.2 Å². The van der Waals surface area contributed by atoms with Gasteiger partial charge in [0.1, 0.15) is 0 Å². The minimum atomic E-state index is -0.483. The molecule has 0 spiro atoms. The molecule has 1 saturated heterocycles. The fourth-order valence-corrected chi connectivity index (χ4v) is 2.01. The largest absolute Gasteiger partial charge is 2.00 e. The third kappa shape index (κ3) is 4.08. The van der Waals surface area contributed by atoms with E-state index >= 15 is 0 Å². The molecule has 2 nitrogen and oxygen atoms in total. The Morgan fingerprint density at radius 1 is 1.11 bits per heavy atom. The summed E-state index contributed by atoms with van der Waals surface area (Å²) in [4.78, 5) is 0. The summed E-state index contributed by atoms with van der Waals surface area (Å²) >= 11 is 3.28. The Morgan fingerprint density at radius 2 is 1.72 bits per heavy atom. The second-order valence-electron chi connectivity index (χ2n) is 3.92. The van der Waals surface area contributed by atoms with Crippen LogP contribution in [0.1, 0.15) is 12.5 Å². The van der Waals surface area contributed by atoms with Crippen molar-refractivity contribution in [3.8, 4) is 0 Å².